The van der Waals surface area contributed by atoms with Crippen LogP contribution in [0.2, 0.25) is 0 Å². The molecule has 0 aliphatic carbocycles. The summed E-state index contributed by atoms with van der Waals surface area (Å²) in [5, 5.41) is 3.76. The molecule has 21 heavy (non-hydrogen) atoms. The van der Waals surface area contributed by atoms with E-state index in [0.29, 0.717) is 12.1 Å². The molecule has 3 saturated heterocycles. The molecule has 0 aromatic rings. The molecule has 3 rings (SSSR count). The van der Waals surface area contributed by atoms with Crippen molar-refractivity contribution in [2.75, 3.05) is 31.3 Å². The number of hydrogen-bond donors (Lipinski definition) is 1. The van der Waals surface area contributed by atoms with Crippen molar-refractivity contribution >= 4 is 11.8 Å². The van der Waals surface area contributed by atoms with Gasteiger partial charge in [0.1, 0.15) is 0 Å². The fraction of sp³-hybridized carbons (Fsp3) is 1.00. The third-order valence-corrected chi connectivity index (χ3v) is 6.68. The van der Waals surface area contributed by atoms with E-state index in [2.05, 4.69) is 24.0 Å². The van der Waals surface area contributed by atoms with Crippen LogP contribution in [0.1, 0.15) is 51.9 Å². The van der Waals surface area contributed by atoms with Crippen LogP contribution in [-0.2, 0) is 9.47 Å². The van der Waals surface area contributed by atoms with Crippen molar-refractivity contribution in [1.29, 1.82) is 0 Å². The first-order chi connectivity index (χ1) is 10.3. The highest BCUT2D eigenvalue weighted by Gasteiger charge is 2.42. The van der Waals surface area contributed by atoms with Crippen LogP contribution in [-0.4, -0.2) is 49.0 Å². The van der Waals surface area contributed by atoms with E-state index in [9.17, 15) is 0 Å². The van der Waals surface area contributed by atoms with Gasteiger partial charge in [-0.25, -0.2) is 0 Å². The highest BCUT2D eigenvalue weighted by Crippen LogP contribution is 2.41. The second-order valence-corrected chi connectivity index (χ2v) is 8.07. The van der Waals surface area contributed by atoms with Gasteiger partial charge in [0.25, 0.3) is 0 Å². The number of ether oxygens (including phenoxy) is 2. The SMILES string of the molecule is CCNC(CCC1CCCO1)C1CCOC2(CCSC2)C1. The average molecular weight is 314 g/mol. The van der Waals surface area contributed by atoms with Crippen LogP contribution in [0.5, 0.6) is 0 Å². The van der Waals surface area contributed by atoms with Gasteiger partial charge in [-0.15, -0.1) is 0 Å². The van der Waals surface area contributed by atoms with E-state index in [-0.39, 0.29) is 5.60 Å². The molecule has 3 aliphatic rings. The molecule has 3 aliphatic heterocycles. The normalized spacial score (nSPS) is 38.1. The Kier molecular flexibility index (Phi) is 5.88. The zero-order valence-corrected chi connectivity index (χ0v) is 14.3. The van der Waals surface area contributed by atoms with Gasteiger partial charge >= 0.3 is 0 Å². The Balaban J connectivity index is 1.54. The summed E-state index contributed by atoms with van der Waals surface area (Å²) >= 11 is 2.07. The Morgan fingerprint density at radius 3 is 3.00 bits per heavy atom. The summed E-state index contributed by atoms with van der Waals surface area (Å²) in [4.78, 5) is 0. The minimum atomic E-state index is 0.213. The van der Waals surface area contributed by atoms with E-state index in [4.69, 9.17) is 9.47 Å². The highest BCUT2D eigenvalue weighted by molar-refractivity contribution is 7.99. The number of hydrogen-bond acceptors (Lipinski definition) is 4. The molecule has 4 atom stereocenters. The molecule has 0 saturated carbocycles. The number of rotatable bonds is 6. The Morgan fingerprint density at radius 1 is 1.33 bits per heavy atom. The van der Waals surface area contributed by atoms with Crippen LogP contribution in [0, 0.1) is 5.92 Å². The zero-order chi connectivity index (χ0) is 14.5. The molecular weight excluding hydrogens is 282 g/mol. The van der Waals surface area contributed by atoms with Crippen LogP contribution < -0.4 is 5.32 Å². The average Bonchev–Trinajstić information content (AvgIpc) is 3.16. The van der Waals surface area contributed by atoms with Gasteiger partial charge in [0.05, 0.1) is 11.7 Å². The lowest BCUT2D eigenvalue weighted by molar-refractivity contribution is -0.0859. The van der Waals surface area contributed by atoms with Crippen LogP contribution >= 0.6 is 11.8 Å². The maximum Gasteiger partial charge on any atom is 0.0783 e. The summed E-state index contributed by atoms with van der Waals surface area (Å²) in [6.07, 6.45) is 9.32. The zero-order valence-electron chi connectivity index (χ0n) is 13.4. The van der Waals surface area contributed by atoms with E-state index >= 15 is 0 Å². The van der Waals surface area contributed by atoms with Gasteiger partial charge in [-0.2, -0.15) is 11.8 Å². The van der Waals surface area contributed by atoms with E-state index in [0.717, 1.165) is 25.7 Å². The number of nitrogens with one attached hydrogen (secondary N) is 1. The second-order valence-electron chi connectivity index (χ2n) is 6.96. The molecule has 3 nitrogen and oxygen atoms in total. The first-order valence-electron chi connectivity index (χ1n) is 8.88. The van der Waals surface area contributed by atoms with Crippen LogP contribution in [0.4, 0.5) is 0 Å². The molecule has 1 N–H and O–H groups in total. The van der Waals surface area contributed by atoms with Crippen molar-refractivity contribution in [1.82, 2.24) is 5.32 Å². The third kappa shape index (κ3) is 4.15. The van der Waals surface area contributed by atoms with Crippen molar-refractivity contribution in [3.05, 3.63) is 0 Å². The molecule has 1 spiro atoms. The quantitative estimate of drug-likeness (QED) is 0.815. The molecule has 122 valence electrons. The largest absolute Gasteiger partial charge is 0.378 e. The van der Waals surface area contributed by atoms with Crippen molar-refractivity contribution in [2.24, 2.45) is 5.92 Å². The molecule has 0 amide bonds. The molecule has 0 aromatic carbocycles. The van der Waals surface area contributed by atoms with Crippen molar-refractivity contribution in [2.45, 2.75) is 69.6 Å². The molecule has 3 fully saturated rings. The van der Waals surface area contributed by atoms with Gasteiger partial charge in [-0.3, -0.25) is 0 Å². The lowest BCUT2D eigenvalue weighted by Gasteiger charge is -2.41. The Bertz CT molecular complexity index is 314. The van der Waals surface area contributed by atoms with Crippen molar-refractivity contribution < 1.29 is 9.47 Å². The van der Waals surface area contributed by atoms with Gasteiger partial charge in [0.2, 0.25) is 0 Å². The molecule has 3 heterocycles. The van der Waals surface area contributed by atoms with Gasteiger partial charge in [0, 0.05) is 25.0 Å². The standard InChI is InChI=1S/C17H31NO2S/c1-2-18-16(6-5-15-4-3-9-19-15)14-7-10-20-17(12-14)8-11-21-13-17/h14-16,18H,2-13H2,1H3. The summed E-state index contributed by atoms with van der Waals surface area (Å²) in [6.45, 7) is 5.26. The third-order valence-electron chi connectivity index (χ3n) is 5.46. The summed E-state index contributed by atoms with van der Waals surface area (Å²) < 4.78 is 12.0. The van der Waals surface area contributed by atoms with Crippen LogP contribution in [0.3, 0.4) is 0 Å². The first kappa shape index (κ1) is 16.1. The Morgan fingerprint density at radius 2 is 2.29 bits per heavy atom. The molecule has 4 heteroatoms. The molecular formula is C17H31NO2S. The summed E-state index contributed by atoms with van der Waals surface area (Å²) in [5.74, 6) is 3.29. The van der Waals surface area contributed by atoms with E-state index < -0.39 is 0 Å². The maximum absolute atomic E-state index is 6.19. The fourth-order valence-electron chi connectivity index (χ4n) is 4.28. The lowest BCUT2D eigenvalue weighted by Crippen LogP contribution is -2.47. The predicted octanol–water partition coefficient (Wildman–Crippen LogP) is 3.23. The molecule has 4 unspecified atom stereocenters. The van der Waals surface area contributed by atoms with Crippen LogP contribution in [0.15, 0.2) is 0 Å². The van der Waals surface area contributed by atoms with E-state index in [1.807, 2.05) is 0 Å². The topological polar surface area (TPSA) is 30.5 Å². The smallest absolute Gasteiger partial charge is 0.0783 e. The van der Waals surface area contributed by atoms with Gasteiger partial charge in [0.15, 0.2) is 0 Å². The fourth-order valence-corrected chi connectivity index (χ4v) is 5.65. The Hall–Kier alpha value is 0.230. The van der Waals surface area contributed by atoms with E-state index in [1.54, 1.807) is 0 Å². The predicted molar refractivity (Wildman–Crippen MR) is 89.0 cm³/mol. The molecule has 0 radical (unpaired) electrons. The molecule has 0 bridgehead atoms. The number of thioether (sulfide) groups is 1. The van der Waals surface area contributed by atoms with Crippen molar-refractivity contribution in [3.63, 3.8) is 0 Å². The van der Waals surface area contributed by atoms with Crippen molar-refractivity contribution in [3.8, 4) is 0 Å². The first-order valence-corrected chi connectivity index (χ1v) is 10.0. The summed E-state index contributed by atoms with van der Waals surface area (Å²) in [5.41, 5.74) is 0.213. The van der Waals surface area contributed by atoms with Gasteiger partial charge in [-0.05, 0) is 63.2 Å². The minimum Gasteiger partial charge on any atom is -0.378 e. The molecule has 0 aromatic heterocycles. The second kappa shape index (κ2) is 7.67. The van der Waals surface area contributed by atoms with Crippen LogP contribution in [0.25, 0.3) is 0 Å². The van der Waals surface area contributed by atoms with Gasteiger partial charge < -0.3 is 14.8 Å². The Labute approximate surface area is 133 Å². The summed E-state index contributed by atoms with van der Waals surface area (Å²) in [6, 6.07) is 0.658. The summed E-state index contributed by atoms with van der Waals surface area (Å²) in [7, 11) is 0. The maximum atomic E-state index is 6.19. The van der Waals surface area contributed by atoms with E-state index in [1.165, 1.54) is 56.5 Å². The van der Waals surface area contributed by atoms with Gasteiger partial charge in [-0.1, -0.05) is 6.92 Å². The lowest BCUT2D eigenvalue weighted by atomic mass is 9.79. The monoisotopic (exact) mass is 313 g/mol. The highest BCUT2D eigenvalue weighted by atomic mass is 32.2. The minimum absolute atomic E-state index is 0.213.